The van der Waals surface area contributed by atoms with E-state index in [0.29, 0.717) is 17.5 Å². The maximum absolute atomic E-state index is 13.3. The summed E-state index contributed by atoms with van der Waals surface area (Å²) >= 11 is 0. The smallest absolute Gasteiger partial charge is 0.282 e. The van der Waals surface area contributed by atoms with Crippen molar-refractivity contribution in [2.75, 3.05) is 0 Å². The van der Waals surface area contributed by atoms with Gasteiger partial charge in [-0.1, -0.05) is 24.3 Å². The molecule has 1 aromatic heterocycles. The summed E-state index contributed by atoms with van der Waals surface area (Å²) in [4.78, 5) is 11.8. The van der Waals surface area contributed by atoms with Gasteiger partial charge in [0.2, 0.25) is 0 Å². The fourth-order valence-corrected chi connectivity index (χ4v) is 3.90. The molecule has 1 amide bonds. The molecule has 1 heterocycles. The molecule has 2 atom stereocenters. The van der Waals surface area contributed by atoms with Crippen LogP contribution in [0.15, 0.2) is 24.3 Å². The second-order valence-corrected chi connectivity index (χ2v) is 6.83. The SMILES string of the molecule is Cn1nc(C(F)F)c(C(N)=O)c1-c1ccccc1C1CC1C1CC1. The van der Waals surface area contributed by atoms with Gasteiger partial charge in [0.15, 0.2) is 0 Å². The summed E-state index contributed by atoms with van der Waals surface area (Å²) in [5, 5.41) is 3.86. The Morgan fingerprint density at radius 1 is 1.33 bits per heavy atom. The first kappa shape index (κ1) is 15.3. The molecule has 126 valence electrons. The topological polar surface area (TPSA) is 60.9 Å². The highest BCUT2D eigenvalue weighted by atomic mass is 19.3. The van der Waals surface area contributed by atoms with Crippen LogP contribution in [0.25, 0.3) is 11.3 Å². The fraction of sp³-hybridized carbons (Fsp3) is 0.444. The van der Waals surface area contributed by atoms with Gasteiger partial charge >= 0.3 is 0 Å². The van der Waals surface area contributed by atoms with Crippen LogP contribution in [-0.2, 0) is 7.05 Å². The summed E-state index contributed by atoms with van der Waals surface area (Å²) < 4.78 is 27.9. The summed E-state index contributed by atoms with van der Waals surface area (Å²) in [6, 6.07) is 7.71. The van der Waals surface area contributed by atoms with Crippen molar-refractivity contribution in [3.63, 3.8) is 0 Å². The van der Waals surface area contributed by atoms with Crippen LogP contribution in [0.1, 0.15) is 53.2 Å². The third-order valence-electron chi connectivity index (χ3n) is 5.21. The Hall–Kier alpha value is -2.24. The van der Waals surface area contributed by atoms with Gasteiger partial charge in [0.1, 0.15) is 5.69 Å². The highest BCUT2D eigenvalue weighted by Crippen LogP contribution is 2.60. The number of nitrogens with zero attached hydrogens (tertiary/aromatic N) is 2. The van der Waals surface area contributed by atoms with Crippen LogP contribution < -0.4 is 5.73 Å². The van der Waals surface area contributed by atoms with E-state index in [1.54, 1.807) is 7.05 Å². The van der Waals surface area contributed by atoms with Crippen molar-refractivity contribution in [2.24, 2.45) is 24.6 Å². The molecule has 2 aromatic rings. The van der Waals surface area contributed by atoms with Gasteiger partial charge in [-0.15, -0.1) is 0 Å². The summed E-state index contributed by atoms with van der Waals surface area (Å²) in [5.41, 5.74) is 7.01. The van der Waals surface area contributed by atoms with E-state index in [1.165, 1.54) is 17.5 Å². The lowest BCUT2D eigenvalue weighted by Crippen LogP contribution is -2.14. The minimum Gasteiger partial charge on any atom is -0.365 e. The maximum Gasteiger partial charge on any atom is 0.282 e. The van der Waals surface area contributed by atoms with Gasteiger partial charge < -0.3 is 5.73 Å². The molecular weight excluding hydrogens is 312 g/mol. The first-order valence-electron chi connectivity index (χ1n) is 8.23. The number of carbonyl (C=O) groups is 1. The molecule has 2 saturated carbocycles. The van der Waals surface area contributed by atoms with Gasteiger partial charge in [-0.05, 0) is 42.6 Å². The molecule has 0 aliphatic heterocycles. The molecule has 4 rings (SSSR count). The molecule has 0 spiro atoms. The van der Waals surface area contributed by atoms with E-state index in [9.17, 15) is 13.6 Å². The van der Waals surface area contributed by atoms with Crippen molar-refractivity contribution in [3.05, 3.63) is 41.1 Å². The standard InChI is InChI=1S/C18H19F2N3O/c1-23-16(14(18(21)24)15(22-23)17(19)20)11-5-3-2-4-10(11)13-8-12(13)9-6-7-9/h2-5,9,12-13,17H,6-8H2,1H3,(H2,21,24). The summed E-state index contributed by atoms with van der Waals surface area (Å²) in [6.45, 7) is 0. The zero-order valence-corrected chi connectivity index (χ0v) is 13.4. The Morgan fingerprint density at radius 3 is 2.67 bits per heavy atom. The Balaban J connectivity index is 1.84. The van der Waals surface area contributed by atoms with Crippen LogP contribution in [0.5, 0.6) is 0 Å². The predicted octanol–water partition coefficient (Wildman–Crippen LogP) is 3.64. The quantitative estimate of drug-likeness (QED) is 0.909. The average molecular weight is 331 g/mol. The van der Waals surface area contributed by atoms with E-state index in [0.717, 1.165) is 23.5 Å². The molecule has 2 aliphatic carbocycles. The average Bonchev–Trinajstić information content (AvgIpc) is 3.42. The number of aromatic nitrogens is 2. The molecule has 2 fully saturated rings. The summed E-state index contributed by atoms with van der Waals surface area (Å²) in [5.74, 6) is 1.07. The van der Waals surface area contributed by atoms with Gasteiger partial charge in [0, 0.05) is 12.6 Å². The number of amides is 1. The van der Waals surface area contributed by atoms with E-state index >= 15 is 0 Å². The largest absolute Gasteiger partial charge is 0.365 e. The third-order valence-corrected chi connectivity index (χ3v) is 5.21. The molecule has 2 N–H and O–H groups in total. The van der Waals surface area contributed by atoms with Gasteiger partial charge in [-0.3, -0.25) is 9.48 Å². The van der Waals surface area contributed by atoms with Gasteiger partial charge in [-0.25, -0.2) is 8.78 Å². The lowest BCUT2D eigenvalue weighted by molar-refractivity contribution is 0.0985. The molecule has 2 aliphatic rings. The van der Waals surface area contributed by atoms with Crippen molar-refractivity contribution in [2.45, 2.75) is 31.6 Å². The number of rotatable bonds is 5. The van der Waals surface area contributed by atoms with Crippen molar-refractivity contribution in [1.82, 2.24) is 9.78 Å². The number of hydrogen-bond donors (Lipinski definition) is 1. The number of hydrogen-bond acceptors (Lipinski definition) is 2. The van der Waals surface area contributed by atoms with Crippen LogP contribution in [0, 0.1) is 11.8 Å². The summed E-state index contributed by atoms with van der Waals surface area (Å²) in [7, 11) is 1.58. The number of aryl methyl sites for hydroxylation is 1. The molecule has 0 radical (unpaired) electrons. The molecule has 1 aromatic carbocycles. The number of alkyl halides is 2. The summed E-state index contributed by atoms with van der Waals surface area (Å²) in [6.07, 6.45) is 0.876. The van der Waals surface area contributed by atoms with E-state index < -0.39 is 18.0 Å². The molecule has 0 bridgehead atoms. The third kappa shape index (κ3) is 2.41. The molecule has 4 nitrogen and oxygen atoms in total. The van der Waals surface area contributed by atoms with Gasteiger partial charge in [-0.2, -0.15) is 5.10 Å². The highest BCUT2D eigenvalue weighted by Gasteiger charge is 2.48. The monoisotopic (exact) mass is 331 g/mol. The van der Waals surface area contributed by atoms with Crippen LogP contribution in [0.3, 0.4) is 0 Å². The Bertz CT molecular complexity index is 811. The van der Waals surface area contributed by atoms with Crippen LogP contribution in [-0.4, -0.2) is 15.7 Å². The van der Waals surface area contributed by atoms with Crippen molar-refractivity contribution in [3.8, 4) is 11.3 Å². The number of nitrogens with two attached hydrogens (primary N) is 1. The first-order valence-corrected chi connectivity index (χ1v) is 8.23. The van der Waals surface area contributed by atoms with E-state index in [4.69, 9.17) is 5.73 Å². The first-order chi connectivity index (χ1) is 11.5. The van der Waals surface area contributed by atoms with Gasteiger partial charge in [0.05, 0.1) is 11.3 Å². The number of carbonyl (C=O) groups excluding carboxylic acids is 1. The lowest BCUT2D eigenvalue weighted by atomic mass is 9.95. The minimum atomic E-state index is -2.83. The van der Waals surface area contributed by atoms with Crippen LogP contribution in [0.2, 0.25) is 0 Å². The second kappa shape index (κ2) is 5.40. The van der Waals surface area contributed by atoms with E-state index in [1.807, 2.05) is 24.3 Å². The second-order valence-electron chi connectivity index (χ2n) is 6.83. The van der Waals surface area contributed by atoms with Gasteiger partial charge in [0.25, 0.3) is 12.3 Å². The van der Waals surface area contributed by atoms with Crippen molar-refractivity contribution < 1.29 is 13.6 Å². The zero-order chi connectivity index (χ0) is 17.0. The minimum absolute atomic E-state index is 0.163. The normalized spacial score (nSPS) is 22.8. The van der Waals surface area contributed by atoms with E-state index in [-0.39, 0.29) is 5.56 Å². The highest BCUT2D eigenvalue weighted by molar-refractivity contribution is 6.00. The van der Waals surface area contributed by atoms with Crippen LogP contribution in [0.4, 0.5) is 8.78 Å². The maximum atomic E-state index is 13.3. The van der Waals surface area contributed by atoms with Crippen molar-refractivity contribution in [1.29, 1.82) is 0 Å². The molecule has 24 heavy (non-hydrogen) atoms. The van der Waals surface area contributed by atoms with Crippen molar-refractivity contribution >= 4 is 5.91 Å². The Kier molecular flexibility index (Phi) is 3.44. The number of primary amides is 1. The predicted molar refractivity (Wildman–Crippen MR) is 85.7 cm³/mol. The van der Waals surface area contributed by atoms with Crippen LogP contribution >= 0.6 is 0 Å². The zero-order valence-electron chi connectivity index (χ0n) is 13.4. The Labute approximate surface area is 138 Å². The fourth-order valence-electron chi connectivity index (χ4n) is 3.90. The van der Waals surface area contributed by atoms with E-state index in [2.05, 4.69) is 5.10 Å². The number of halogens is 2. The molecular formula is C18H19F2N3O. The molecule has 6 heteroatoms. The molecule has 2 unspecified atom stereocenters. The Morgan fingerprint density at radius 2 is 2.04 bits per heavy atom. The number of benzene rings is 1. The molecule has 0 saturated heterocycles. The lowest BCUT2D eigenvalue weighted by Gasteiger charge is -2.11.